The van der Waals surface area contributed by atoms with E-state index in [2.05, 4.69) is 27.4 Å². The summed E-state index contributed by atoms with van der Waals surface area (Å²) in [7, 11) is 0. The monoisotopic (exact) mass is 166 g/mol. The number of rotatable bonds is 3. The summed E-state index contributed by atoms with van der Waals surface area (Å²) < 4.78 is 0. The van der Waals surface area contributed by atoms with Gasteiger partial charge >= 0.3 is 0 Å². The molecule has 1 aliphatic rings. The zero-order chi connectivity index (χ0) is 9.19. The van der Waals surface area contributed by atoms with Gasteiger partial charge in [-0.3, -0.25) is 0 Å². The Morgan fingerprint density at radius 1 is 1.42 bits per heavy atom. The van der Waals surface area contributed by atoms with Crippen LogP contribution in [0.5, 0.6) is 0 Å². The molecule has 0 aromatic rings. The highest BCUT2D eigenvalue weighted by Crippen LogP contribution is 2.45. The molecular weight excluding hydrogens is 144 g/mol. The van der Waals surface area contributed by atoms with Crippen LogP contribution in [0.4, 0.5) is 0 Å². The lowest BCUT2D eigenvalue weighted by Gasteiger charge is -2.31. The summed E-state index contributed by atoms with van der Waals surface area (Å²) in [6.07, 6.45) is 6.97. The minimum atomic E-state index is 0.624. The maximum atomic E-state index is 4.00. The smallest absolute Gasteiger partial charge is 0.0295 e. The van der Waals surface area contributed by atoms with E-state index in [1.165, 1.54) is 37.7 Å². The molecule has 0 nitrogen and oxygen atoms in total. The van der Waals surface area contributed by atoms with Crippen molar-refractivity contribution < 1.29 is 0 Å². The van der Waals surface area contributed by atoms with Gasteiger partial charge < -0.3 is 0 Å². The van der Waals surface area contributed by atoms with Crippen molar-refractivity contribution in [1.29, 1.82) is 0 Å². The van der Waals surface area contributed by atoms with E-state index in [4.69, 9.17) is 0 Å². The first-order valence-electron chi connectivity index (χ1n) is 5.19. The molecule has 0 aliphatic heterocycles. The third-order valence-corrected chi connectivity index (χ3v) is 3.59. The number of hydrogen-bond donors (Lipinski definition) is 0. The summed E-state index contributed by atoms with van der Waals surface area (Å²) in [5.41, 5.74) is 1.97. The summed E-state index contributed by atoms with van der Waals surface area (Å²) in [6.45, 7) is 11.0. The van der Waals surface area contributed by atoms with Crippen LogP contribution >= 0.6 is 0 Å². The Labute approximate surface area is 77.1 Å². The van der Waals surface area contributed by atoms with Crippen LogP contribution in [0.25, 0.3) is 0 Å². The van der Waals surface area contributed by atoms with Gasteiger partial charge in [0.15, 0.2) is 0 Å². The van der Waals surface area contributed by atoms with Gasteiger partial charge in [0, 0.05) is 0 Å². The van der Waals surface area contributed by atoms with Crippen LogP contribution in [0.1, 0.15) is 52.9 Å². The van der Waals surface area contributed by atoms with Crippen molar-refractivity contribution in [3.8, 4) is 0 Å². The van der Waals surface area contributed by atoms with Crippen molar-refractivity contribution in [1.82, 2.24) is 0 Å². The molecule has 0 N–H and O–H groups in total. The van der Waals surface area contributed by atoms with Gasteiger partial charge in [-0.25, -0.2) is 0 Å². The van der Waals surface area contributed by atoms with Crippen molar-refractivity contribution in [2.45, 2.75) is 52.9 Å². The van der Waals surface area contributed by atoms with Crippen LogP contribution in [0.2, 0.25) is 0 Å². The molecule has 1 saturated carbocycles. The molecule has 1 fully saturated rings. The predicted molar refractivity (Wildman–Crippen MR) is 55.2 cm³/mol. The van der Waals surface area contributed by atoms with Crippen LogP contribution in [-0.4, -0.2) is 0 Å². The maximum Gasteiger partial charge on any atom is -0.0295 e. The van der Waals surface area contributed by atoms with E-state index in [0.29, 0.717) is 5.41 Å². The molecule has 0 amide bonds. The van der Waals surface area contributed by atoms with Gasteiger partial charge in [-0.15, -0.1) is 6.58 Å². The van der Waals surface area contributed by atoms with Gasteiger partial charge in [-0.1, -0.05) is 32.3 Å². The molecule has 0 bridgehead atoms. The van der Waals surface area contributed by atoms with Crippen molar-refractivity contribution in [3.63, 3.8) is 0 Å². The van der Waals surface area contributed by atoms with E-state index in [-0.39, 0.29) is 0 Å². The first-order chi connectivity index (χ1) is 5.54. The zero-order valence-corrected chi connectivity index (χ0v) is 8.82. The molecule has 0 heteroatoms. The van der Waals surface area contributed by atoms with Crippen molar-refractivity contribution in [2.75, 3.05) is 0 Å². The molecule has 0 spiro atoms. The first kappa shape index (κ1) is 9.83. The van der Waals surface area contributed by atoms with E-state index >= 15 is 0 Å². The molecule has 1 rings (SSSR count). The number of hydrogen-bond acceptors (Lipinski definition) is 0. The van der Waals surface area contributed by atoms with Crippen LogP contribution in [0.15, 0.2) is 12.2 Å². The lowest BCUT2D eigenvalue weighted by atomic mass is 9.74. The standard InChI is InChI=1S/C12H22/c1-10(2)9-11(3)12(4)7-5-6-8-12/h11H,1,5-9H2,2-4H3. The Balaban J connectivity index is 2.49. The molecule has 0 saturated heterocycles. The average Bonchev–Trinajstić information content (AvgIpc) is 2.36. The average molecular weight is 166 g/mol. The van der Waals surface area contributed by atoms with E-state index in [1.54, 1.807) is 0 Å². The molecule has 0 aromatic carbocycles. The van der Waals surface area contributed by atoms with E-state index in [9.17, 15) is 0 Å². The molecule has 1 atom stereocenters. The quantitative estimate of drug-likeness (QED) is 0.552. The Morgan fingerprint density at radius 3 is 2.33 bits per heavy atom. The predicted octanol–water partition coefficient (Wildman–Crippen LogP) is 4.17. The molecule has 0 aromatic heterocycles. The fourth-order valence-corrected chi connectivity index (χ4v) is 2.44. The SMILES string of the molecule is C=C(C)CC(C)C1(C)CCCC1. The minimum absolute atomic E-state index is 0.624. The summed E-state index contributed by atoms with van der Waals surface area (Å²) in [6, 6.07) is 0. The van der Waals surface area contributed by atoms with Crippen LogP contribution < -0.4 is 0 Å². The lowest BCUT2D eigenvalue weighted by Crippen LogP contribution is -2.21. The molecular formula is C12H22. The molecule has 1 aliphatic carbocycles. The molecule has 12 heavy (non-hydrogen) atoms. The summed E-state index contributed by atoms with van der Waals surface area (Å²) in [5.74, 6) is 0.831. The summed E-state index contributed by atoms with van der Waals surface area (Å²) in [5, 5.41) is 0. The van der Waals surface area contributed by atoms with Gasteiger partial charge in [-0.2, -0.15) is 0 Å². The molecule has 0 radical (unpaired) electrons. The van der Waals surface area contributed by atoms with Crippen LogP contribution in [-0.2, 0) is 0 Å². The second kappa shape index (κ2) is 3.64. The Kier molecular flexibility index (Phi) is 2.98. The maximum absolute atomic E-state index is 4.00. The fraction of sp³-hybridized carbons (Fsp3) is 0.833. The third kappa shape index (κ3) is 2.12. The van der Waals surface area contributed by atoms with Crippen LogP contribution in [0.3, 0.4) is 0 Å². The van der Waals surface area contributed by atoms with Gasteiger partial charge in [0.25, 0.3) is 0 Å². The largest absolute Gasteiger partial charge is 0.100 e. The first-order valence-corrected chi connectivity index (χ1v) is 5.19. The van der Waals surface area contributed by atoms with Crippen LogP contribution in [0, 0.1) is 11.3 Å². The molecule has 70 valence electrons. The van der Waals surface area contributed by atoms with E-state index in [0.717, 1.165) is 5.92 Å². The van der Waals surface area contributed by atoms with Gasteiger partial charge in [0.2, 0.25) is 0 Å². The van der Waals surface area contributed by atoms with E-state index < -0.39 is 0 Å². The Morgan fingerprint density at radius 2 is 1.92 bits per heavy atom. The van der Waals surface area contributed by atoms with Gasteiger partial charge in [0.1, 0.15) is 0 Å². The highest BCUT2D eigenvalue weighted by Gasteiger charge is 2.33. The highest BCUT2D eigenvalue weighted by atomic mass is 14.4. The van der Waals surface area contributed by atoms with Crippen molar-refractivity contribution in [3.05, 3.63) is 12.2 Å². The third-order valence-electron chi connectivity index (χ3n) is 3.59. The topological polar surface area (TPSA) is 0 Å². The molecule has 0 heterocycles. The van der Waals surface area contributed by atoms with Crippen molar-refractivity contribution in [2.24, 2.45) is 11.3 Å². The summed E-state index contributed by atoms with van der Waals surface area (Å²) >= 11 is 0. The van der Waals surface area contributed by atoms with Crippen molar-refractivity contribution >= 4 is 0 Å². The normalized spacial score (nSPS) is 23.9. The second-order valence-corrected chi connectivity index (χ2v) is 4.92. The Bertz CT molecular complexity index is 161. The summed E-state index contributed by atoms with van der Waals surface area (Å²) in [4.78, 5) is 0. The fourth-order valence-electron chi connectivity index (χ4n) is 2.44. The highest BCUT2D eigenvalue weighted by molar-refractivity contribution is 4.95. The van der Waals surface area contributed by atoms with Gasteiger partial charge in [-0.05, 0) is 37.5 Å². The van der Waals surface area contributed by atoms with Gasteiger partial charge in [0.05, 0.1) is 0 Å². The number of allylic oxidation sites excluding steroid dienone is 1. The second-order valence-electron chi connectivity index (χ2n) is 4.92. The molecule has 1 unspecified atom stereocenters. The van der Waals surface area contributed by atoms with E-state index in [1.807, 2.05) is 0 Å². The lowest BCUT2D eigenvalue weighted by molar-refractivity contribution is 0.208. The Hall–Kier alpha value is -0.260. The minimum Gasteiger partial charge on any atom is -0.100 e. The zero-order valence-electron chi connectivity index (χ0n) is 8.82.